The number of hydrogen-bond donors (Lipinski definition) is 1. The molecule has 0 amide bonds. The third kappa shape index (κ3) is 3.96. The number of aromatic nitrogens is 2. The third-order valence-corrected chi connectivity index (χ3v) is 5.13. The van der Waals surface area contributed by atoms with Crippen molar-refractivity contribution in [3.05, 3.63) is 11.7 Å². The van der Waals surface area contributed by atoms with E-state index in [0.29, 0.717) is 25.6 Å². The predicted molar refractivity (Wildman–Crippen MR) is 68.3 cm³/mol. The van der Waals surface area contributed by atoms with E-state index in [1.54, 1.807) is 6.92 Å². The van der Waals surface area contributed by atoms with Gasteiger partial charge in [-0.05, 0) is 26.7 Å². The molecule has 1 aromatic rings. The lowest BCUT2D eigenvalue weighted by Crippen LogP contribution is -2.44. The average molecular weight is 343 g/mol. The molecule has 0 saturated carbocycles. The highest BCUT2D eigenvalue weighted by atomic mass is 32.2. The van der Waals surface area contributed by atoms with Crippen LogP contribution in [0.5, 0.6) is 0 Å². The normalized spacial score (nSPS) is 24.6. The number of alkyl halides is 3. The van der Waals surface area contributed by atoms with E-state index < -0.39 is 33.7 Å². The first-order chi connectivity index (χ1) is 10.1. The zero-order chi connectivity index (χ0) is 16.5. The molecular weight excluding hydrogens is 327 g/mol. The van der Waals surface area contributed by atoms with Gasteiger partial charge >= 0.3 is 6.18 Å². The highest BCUT2D eigenvalue weighted by Crippen LogP contribution is 2.32. The second-order valence-corrected chi connectivity index (χ2v) is 7.17. The minimum absolute atomic E-state index is 0.230. The maximum Gasteiger partial charge on any atom is 0.406 e. The standard InChI is InChI=1S/C11H16F3N3O4S/c1-6(11(12,13)14)22(18,19)15-5-8-3-4-9(20-8)10-16-7(2)17-21-10/h6,8-9,15H,3-5H2,1-2H3/t6-,8+,9-/m0/s1. The number of halogens is 3. The molecule has 1 fully saturated rings. The molecule has 1 aliphatic heterocycles. The lowest BCUT2D eigenvalue weighted by molar-refractivity contribution is -0.127. The van der Waals surface area contributed by atoms with E-state index in [0.717, 1.165) is 0 Å². The molecule has 0 radical (unpaired) electrons. The summed E-state index contributed by atoms with van der Waals surface area (Å²) < 4.78 is 72.9. The molecule has 0 aliphatic carbocycles. The summed E-state index contributed by atoms with van der Waals surface area (Å²) in [5.41, 5.74) is 0. The molecule has 22 heavy (non-hydrogen) atoms. The van der Waals surface area contributed by atoms with Crippen LogP contribution in [0.1, 0.15) is 37.6 Å². The molecule has 2 rings (SSSR count). The number of aryl methyl sites for hydroxylation is 1. The lowest BCUT2D eigenvalue weighted by Gasteiger charge is -2.18. The number of rotatable bonds is 5. The van der Waals surface area contributed by atoms with Crippen LogP contribution in [0.4, 0.5) is 13.2 Å². The Balaban J connectivity index is 1.88. The van der Waals surface area contributed by atoms with Crippen molar-refractivity contribution in [2.45, 2.75) is 50.3 Å². The number of nitrogens with zero attached hydrogens (tertiary/aromatic N) is 2. The first-order valence-electron chi connectivity index (χ1n) is 6.60. The fourth-order valence-corrected chi connectivity index (χ4v) is 3.01. The van der Waals surface area contributed by atoms with Crippen LogP contribution in [0.2, 0.25) is 0 Å². The van der Waals surface area contributed by atoms with Crippen LogP contribution in [0.25, 0.3) is 0 Å². The van der Waals surface area contributed by atoms with Crippen molar-refractivity contribution in [2.24, 2.45) is 0 Å². The first kappa shape index (κ1) is 17.2. The van der Waals surface area contributed by atoms with E-state index in [4.69, 9.17) is 9.26 Å². The minimum atomic E-state index is -4.81. The molecule has 2 heterocycles. The Morgan fingerprint density at radius 1 is 1.41 bits per heavy atom. The molecule has 7 nitrogen and oxygen atoms in total. The highest BCUT2D eigenvalue weighted by Gasteiger charge is 2.45. The summed E-state index contributed by atoms with van der Waals surface area (Å²) in [4.78, 5) is 4.01. The van der Waals surface area contributed by atoms with Gasteiger partial charge in [0.2, 0.25) is 10.0 Å². The number of nitrogens with one attached hydrogen (secondary N) is 1. The Morgan fingerprint density at radius 3 is 2.64 bits per heavy atom. The van der Waals surface area contributed by atoms with Crippen molar-refractivity contribution in [1.29, 1.82) is 0 Å². The van der Waals surface area contributed by atoms with Gasteiger partial charge in [-0.15, -0.1) is 0 Å². The SMILES string of the molecule is Cc1noc([C@@H]2CC[C@H](CNS(=O)(=O)[C@@H](C)C(F)(F)F)O2)n1. The van der Waals surface area contributed by atoms with Gasteiger partial charge in [-0.25, -0.2) is 13.1 Å². The van der Waals surface area contributed by atoms with Crippen LogP contribution in [0, 0.1) is 6.92 Å². The summed E-state index contributed by atoms with van der Waals surface area (Å²) >= 11 is 0. The van der Waals surface area contributed by atoms with E-state index in [9.17, 15) is 21.6 Å². The van der Waals surface area contributed by atoms with Gasteiger partial charge in [0.15, 0.2) is 11.1 Å². The summed E-state index contributed by atoms with van der Waals surface area (Å²) in [6.07, 6.45) is -4.80. The van der Waals surface area contributed by atoms with E-state index in [-0.39, 0.29) is 12.4 Å². The highest BCUT2D eigenvalue weighted by molar-refractivity contribution is 7.90. The van der Waals surface area contributed by atoms with Crippen molar-refractivity contribution in [1.82, 2.24) is 14.9 Å². The van der Waals surface area contributed by atoms with Gasteiger partial charge in [-0.3, -0.25) is 0 Å². The van der Waals surface area contributed by atoms with Gasteiger partial charge in [-0.1, -0.05) is 5.16 Å². The maximum atomic E-state index is 12.5. The third-order valence-electron chi connectivity index (χ3n) is 3.36. The Labute approximate surface area is 125 Å². The zero-order valence-electron chi connectivity index (χ0n) is 11.9. The second kappa shape index (κ2) is 6.13. The summed E-state index contributed by atoms with van der Waals surface area (Å²) in [5, 5.41) is 1.14. The fourth-order valence-electron chi connectivity index (χ4n) is 1.99. The topological polar surface area (TPSA) is 94.3 Å². The molecule has 3 atom stereocenters. The number of sulfonamides is 1. The molecule has 1 aliphatic rings. The van der Waals surface area contributed by atoms with Crippen molar-refractivity contribution in [2.75, 3.05) is 6.54 Å². The molecule has 11 heteroatoms. The molecule has 0 aromatic carbocycles. The Bertz CT molecular complexity index is 616. The van der Waals surface area contributed by atoms with Gasteiger partial charge in [0.05, 0.1) is 6.10 Å². The largest absolute Gasteiger partial charge is 0.406 e. The first-order valence-corrected chi connectivity index (χ1v) is 8.15. The smallest absolute Gasteiger partial charge is 0.364 e. The summed E-state index contributed by atoms with van der Waals surface area (Å²) in [6.45, 7) is 2.01. The molecule has 1 N–H and O–H groups in total. The summed E-state index contributed by atoms with van der Waals surface area (Å²) in [7, 11) is -4.49. The second-order valence-electron chi connectivity index (χ2n) is 5.08. The van der Waals surface area contributed by atoms with Gasteiger partial charge in [0, 0.05) is 6.54 Å². The summed E-state index contributed by atoms with van der Waals surface area (Å²) in [5.74, 6) is 0.730. The van der Waals surface area contributed by atoms with Crippen LogP contribution in [-0.4, -0.2) is 42.6 Å². The Hall–Kier alpha value is -1.20. The van der Waals surface area contributed by atoms with Gasteiger partial charge < -0.3 is 9.26 Å². The number of ether oxygens (including phenoxy) is 1. The van der Waals surface area contributed by atoms with Crippen LogP contribution in [0.3, 0.4) is 0 Å². The van der Waals surface area contributed by atoms with Gasteiger partial charge in [0.25, 0.3) is 5.89 Å². The molecule has 126 valence electrons. The van der Waals surface area contributed by atoms with E-state index in [1.165, 1.54) is 0 Å². The molecular formula is C11H16F3N3O4S. The minimum Gasteiger partial charge on any atom is -0.364 e. The van der Waals surface area contributed by atoms with Crippen LogP contribution < -0.4 is 4.72 Å². The molecule has 0 spiro atoms. The molecule has 1 saturated heterocycles. The van der Waals surface area contributed by atoms with E-state index in [2.05, 4.69) is 10.1 Å². The van der Waals surface area contributed by atoms with Crippen molar-refractivity contribution < 1.29 is 30.8 Å². The van der Waals surface area contributed by atoms with E-state index in [1.807, 2.05) is 4.72 Å². The summed E-state index contributed by atoms with van der Waals surface area (Å²) in [6, 6.07) is 0. The zero-order valence-corrected chi connectivity index (χ0v) is 12.7. The van der Waals surface area contributed by atoms with Crippen molar-refractivity contribution >= 4 is 10.0 Å². The average Bonchev–Trinajstić information content (AvgIpc) is 3.03. The van der Waals surface area contributed by atoms with Crippen LogP contribution in [-0.2, 0) is 14.8 Å². The van der Waals surface area contributed by atoms with E-state index >= 15 is 0 Å². The molecule has 1 aromatic heterocycles. The monoisotopic (exact) mass is 343 g/mol. The van der Waals surface area contributed by atoms with Crippen molar-refractivity contribution in [3.8, 4) is 0 Å². The molecule has 0 bridgehead atoms. The fraction of sp³-hybridized carbons (Fsp3) is 0.818. The lowest BCUT2D eigenvalue weighted by atomic mass is 10.2. The maximum absolute atomic E-state index is 12.5. The van der Waals surface area contributed by atoms with Crippen LogP contribution in [0.15, 0.2) is 4.52 Å². The molecule has 0 unspecified atom stereocenters. The number of hydrogen-bond acceptors (Lipinski definition) is 6. The van der Waals surface area contributed by atoms with Crippen LogP contribution >= 0.6 is 0 Å². The van der Waals surface area contributed by atoms with Gasteiger partial charge in [-0.2, -0.15) is 18.2 Å². The van der Waals surface area contributed by atoms with Gasteiger partial charge in [0.1, 0.15) is 6.10 Å². The quantitative estimate of drug-likeness (QED) is 0.870. The Kier molecular flexibility index (Phi) is 4.78. The Morgan fingerprint density at radius 2 is 2.09 bits per heavy atom. The van der Waals surface area contributed by atoms with Crippen molar-refractivity contribution in [3.63, 3.8) is 0 Å². The predicted octanol–water partition coefficient (Wildman–Crippen LogP) is 1.47.